The highest BCUT2D eigenvalue weighted by atomic mass is 16.5. The molecule has 4 heteroatoms. The van der Waals surface area contributed by atoms with E-state index in [9.17, 15) is 4.79 Å². The number of carbonyl (C=O) groups excluding carboxylic acids is 1. The molecular formula is C23H22N2O2. The van der Waals surface area contributed by atoms with Gasteiger partial charge in [-0.1, -0.05) is 60.7 Å². The van der Waals surface area contributed by atoms with Crippen molar-refractivity contribution in [3.8, 4) is 5.75 Å². The number of anilines is 1. The molecule has 1 heterocycles. The molecule has 4 rings (SSSR count). The van der Waals surface area contributed by atoms with Crippen LogP contribution in [0.5, 0.6) is 5.75 Å². The number of hydrogen-bond donors (Lipinski definition) is 1. The summed E-state index contributed by atoms with van der Waals surface area (Å²) in [7, 11) is 1.64. The predicted octanol–water partition coefficient (Wildman–Crippen LogP) is 4.39. The van der Waals surface area contributed by atoms with Gasteiger partial charge in [-0.05, 0) is 34.9 Å². The highest BCUT2D eigenvalue weighted by Crippen LogP contribution is 2.32. The molecule has 0 radical (unpaired) electrons. The summed E-state index contributed by atoms with van der Waals surface area (Å²) in [6, 6.07) is 25.6. The number of para-hydroxylation sites is 1. The third kappa shape index (κ3) is 3.71. The largest absolute Gasteiger partial charge is 0.497 e. The Morgan fingerprint density at radius 3 is 2.41 bits per heavy atom. The van der Waals surface area contributed by atoms with E-state index in [4.69, 9.17) is 4.74 Å². The van der Waals surface area contributed by atoms with Gasteiger partial charge in [0.1, 0.15) is 11.8 Å². The van der Waals surface area contributed by atoms with Crippen molar-refractivity contribution < 1.29 is 9.53 Å². The van der Waals surface area contributed by atoms with Crippen molar-refractivity contribution >= 4 is 11.6 Å². The molecule has 136 valence electrons. The van der Waals surface area contributed by atoms with Crippen molar-refractivity contribution in [3.63, 3.8) is 0 Å². The molecule has 0 fully saturated rings. The Hall–Kier alpha value is -3.11. The molecule has 1 N–H and O–H groups in total. The zero-order valence-corrected chi connectivity index (χ0v) is 15.3. The molecule has 1 unspecified atom stereocenters. The first-order valence-corrected chi connectivity index (χ1v) is 9.05. The fourth-order valence-electron chi connectivity index (χ4n) is 3.57. The summed E-state index contributed by atoms with van der Waals surface area (Å²) in [5.41, 5.74) is 4.15. The summed E-state index contributed by atoms with van der Waals surface area (Å²) in [5, 5.41) is 3.10. The van der Waals surface area contributed by atoms with Gasteiger partial charge >= 0.3 is 0 Å². The van der Waals surface area contributed by atoms with Crippen LogP contribution in [-0.4, -0.2) is 17.9 Å². The zero-order valence-electron chi connectivity index (χ0n) is 15.3. The second kappa shape index (κ2) is 7.64. The third-order valence-electron chi connectivity index (χ3n) is 4.92. The number of rotatable bonds is 4. The number of methoxy groups -OCH3 is 1. The number of nitrogens with one attached hydrogen (secondary N) is 1. The van der Waals surface area contributed by atoms with E-state index in [0.717, 1.165) is 22.6 Å². The first kappa shape index (κ1) is 17.3. The van der Waals surface area contributed by atoms with Crippen molar-refractivity contribution in [2.75, 3.05) is 12.4 Å². The molecule has 0 bridgehead atoms. The van der Waals surface area contributed by atoms with E-state index in [1.165, 1.54) is 5.56 Å². The van der Waals surface area contributed by atoms with Crippen molar-refractivity contribution in [3.05, 3.63) is 95.6 Å². The van der Waals surface area contributed by atoms with E-state index in [1.54, 1.807) is 7.11 Å². The number of benzene rings is 3. The maximum atomic E-state index is 13.1. The van der Waals surface area contributed by atoms with Crippen LogP contribution in [0.25, 0.3) is 0 Å². The Labute approximate surface area is 159 Å². The number of fused-ring (bicyclic) bond motifs is 1. The Morgan fingerprint density at radius 2 is 1.67 bits per heavy atom. The van der Waals surface area contributed by atoms with Crippen LogP contribution in [0.1, 0.15) is 22.7 Å². The number of nitrogens with zero attached hydrogens (tertiary/aromatic N) is 1. The predicted molar refractivity (Wildman–Crippen MR) is 106 cm³/mol. The van der Waals surface area contributed by atoms with Gasteiger partial charge in [0.25, 0.3) is 0 Å². The smallest absolute Gasteiger partial charge is 0.246 e. The van der Waals surface area contributed by atoms with E-state index < -0.39 is 0 Å². The minimum atomic E-state index is -0.372. The van der Waals surface area contributed by atoms with Crippen molar-refractivity contribution in [2.24, 2.45) is 0 Å². The van der Waals surface area contributed by atoms with Crippen LogP contribution >= 0.6 is 0 Å². The van der Waals surface area contributed by atoms with Gasteiger partial charge in [0.2, 0.25) is 5.91 Å². The minimum absolute atomic E-state index is 0.0129. The molecule has 3 aromatic rings. The van der Waals surface area contributed by atoms with Crippen molar-refractivity contribution in [2.45, 2.75) is 19.1 Å². The Balaban J connectivity index is 1.73. The Morgan fingerprint density at radius 1 is 0.963 bits per heavy atom. The normalized spacial score (nSPS) is 16.9. The zero-order chi connectivity index (χ0) is 18.6. The molecule has 0 aromatic heterocycles. The van der Waals surface area contributed by atoms with Gasteiger partial charge in [0, 0.05) is 18.8 Å². The monoisotopic (exact) mass is 358 g/mol. The van der Waals surface area contributed by atoms with Gasteiger partial charge in [0.15, 0.2) is 0 Å². The fourth-order valence-corrected chi connectivity index (χ4v) is 3.57. The van der Waals surface area contributed by atoms with Crippen LogP contribution in [0.2, 0.25) is 0 Å². The van der Waals surface area contributed by atoms with Gasteiger partial charge in [-0.2, -0.15) is 0 Å². The fraction of sp³-hybridized carbons (Fsp3) is 0.174. The van der Waals surface area contributed by atoms with E-state index in [-0.39, 0.29) is 11.9 Å². The van der Waals surface area contributed by atoms with Crippen LogP contribution in [-0.2, 0) is 17.9 Å². The SMILES string of the molecule is COc1ccc(C2C(=O)Nc3ccccc3CN2Cc2ccccc2)cc1. The van der Waals surface area contributed by atoms with Gasteiger partial charge in [-0.15, -0.1) is 0 Å². The van der Waals surface area contributed by atoms with E-state index in [2.05, 4.69) is 28.4 Å². The summed E-state index contributed by atoms with van der Waals surface area (Å²) in [5.74, 6) is 0.770. The Kier molecular flexibility index (Phi) is 4.90. The van der Waals surface area contributed by atoms with Crippen LogP contribution < -0.4 is 10.1 Å². The molecule has 0 saturated carbocycles. The Bertz CT molecular complexity index is 923. The van der Waals surface area contributed by atoms with Gasteiger partial charge in [-0.25, -0.2) is 0 Å². The number of ether oxygens (including phenoxy) is 1. The molecule has 0 aliphatic carbocycles. The van der Waals surface area contributed by atoms with E-state index >= 15 is 0 Å². The summed E-state index contributed by atoms with van der Waals surface area (Å²) in [6.07, 6.45) is 0. The first-order chi connectivity index (χ1) is 13.2. The first-order valence-electron chi connectivity index (χ1n) is 9.05. The van der Waals surface area contributed by atoms with Gasteiger partial charge < -0.3 is 10.1 Å². The maximum Gasteiger partial charge on any atom is 0.246 e. The number of amides is 1. The highest BCUT2D eigenvalue weighted by Gasteiger charge is 2.31. The van der Waals surface area contributed by atoms with E-state index in [1.807, 2.05) is 60.7 Å². The average Bonchev–Trinajstić information content (AvgIpc) is 2.84. The van der Waals surface area contributed by atoms with E-state index in [0.29, 0.717) is 13.1 Å². The number of hydrogen-bond acceptors (Lipinski definition) is 3. The second-order valence-electron chi connectivity index (χ2n) is 6.71. The summed E-state index contributed by atoms with van der Waals surface area (Å²) < 4.78 is 5.27. The molecular weight excluding hydrogens is 336 g/mol. The van der Waals surface area contributed by atoms with Crippen LogP contribution in [0.15, 0.2) is 78.9 Å². The lowest BCUT2D eigenvalue weighted by Crippen LogP contribution is -2.34. The molecule has 1 aliphatic heterocycles. The molecule has 0 saturated heterocycles. The lowest BCUT2D eigenvalue weighted by Gasteiger charge is -2.29. The van der Waals surface area contributed by atoms with Gasteiger partial charge in [0.05, 0.1) is 7.11 Å². The molecule has 1 atom stereocenters. The van der Waals surface area contributed by atoms with Crippen LogP contribution in [0.3, 0.4) is 0 Å². The molecule has 0 spiro atoms. The van der Waals surface area contributed by atoms with Crippen LogP contribution in [0, 0.1) is 0 Å². The van der Waals surface area contributed by atoms with Gasteiger partial charge in [-0.3, -0.25) is 9.69 Å². The molecule has 3 aromatic carbocycles. The minimum Gasteiger partial charge on any atom is -0.497 e. The van der Waals surface area contributed by atoms with Crippen molar-refractivity contribution in [1.82, 2.24) is 4.90 Å². The summed E-state index contributed by atoms with van der Waals surface area (Å²) in [6.45, 7) is 1.39. The standard InChI is InChI=1S/C23H22N2O2/c1-27-20-13-11-18(12-14-20)22-23(26)24-21-10-6-5-9-19(21)16-25(22)15-17-7-3-2-4-8-17/h2-14,22H,15-16H2,1H3,(H,24,26). The van der Waals surface area contributed by atoms with Crippen LogP contribution in [0.4, 0.5) is 5.69 Å². The molecule has 1 amide bonds. The second-order valence-corrected chi connectivity index (χ2v) is 6.71. The number of carbonyl (C=O) groups is 1. The molecule has 27 heavy (non-hydrogen) atoms. The highest BCUT2D eigenvalue weighted by molar-refractivity contribution is 5.96. The lowest BCUT2D eigenvalue weighted by atomic mass is 10.0. The lowest BCUT2D eigenvalue weighted by molar-refractivity contribution is -0.121. The topological polar surface area (TPSA) is 41.6 Å². The summed E-state index contributed by atoms with van der Waals surface area (Å²) >= 11 is 0. The summed E-state index contributed by atoms with van der Waals surface area (Å²) in [4.78, 5) is 15.4. The third-order valence-corrected chi connectivity index (χ3v) is 4.92. The van der Waals surface area contributed by atoms with Crippen molar-refractivity contribution in [1.29, 1.82) is 0 Å². The average molecular weight is 358 g/mol. The quantitative estimate of drug-likeness (QED) is 0.752. The molecule has 4 nitrogen and oxygen atoms in total. The maximum absolute atomic E-state index is 13.1. The molecule has 1 aliphatic rings.